The van der Waals surface area contributed by atoms with Gasteiger partial charge < -0.3 is 15.7 Å². The minimum Gasteiger partial charge on any atom is -0.479 e. The summed E-state index contributed by atoms with van der Waals surface area (Å²) in [5, 5.41) is 9.53. The molecule has 1 heterocycles. The highest BCUT2D eigenvalue weighted by Gasteiger charge is 2.37. The number of nitrogens with two attached hydrogens (primary N) is 1. The van der Waals surface area contributed by atoms with Crippen LogP contribution in [0.3, 0.4) is 0 Å². The lowest BCUT2D eigenvalue weighted by molar-refractivity contribution is -0.151. The zero-order valence-electron chi connectivity index (χ0n) is 12.3. The van der Waals surface area contributed by atoms with Crippen molar-refractivity contribution in [1.29, 1.82) is 0 Å². The Bertz CT molecular complexity index is 530. The summed E-state index contributed by atoms with van der Waals surface area (Å²) in [6, 6.07) is 5.86. The Labute approximate surface area is 124 Å². The van der Waals surface area contributed by atoms with Crippen LogP contribution in [0.1, 0.15) is 43.4 Å². The maximum absolute atomic E-state index is 12.5. The van der Waals surface area contributed by atoms with Gasteiger partial charge in [0, 0.05) is 6.54 Å². The second-order valence-corrected chi connectivity index (χ2v) is 5.47. The average molecular weight is 290 g/mol. The molecule has 2 rings (SSSR count). The molecule has 1 aliphatic heterocycles. The Morgan fingerprint density at radius 1 is 1.43 bits per heavy atom. The van der Waals surface area contributed by atoms with Gasteiger partial charge in [0.15, 0.2) is 6.04 Å². The van der Waals surface area contributed by atoms with E-state index in [9.17, 15) is 14.7 Å². The molecule has 0 saturated heterocycles. The van der Waals surface area contributed by atoms with Gasteiger partial charge in [0.05, 0.1) is 6.04 Å². The third-order valence-corrected chi connectivity index (χ3v) is 3.99. The molecule has 5 heteroatoms. The number of carboxylic acid groups (broad SMARTS) is 1. The maximum Gasteiger partial charge on any atom is 0.331 e. The molecule has 0 aromatic heterocycles. The third kappa shape index (κ3) is 3.24. The summed E-state index contributed by atoms with van der Waals surface area (Å²) in [5.74, 6) is -1.26. The van der Waals surface area contributed by atoms with E-state index < -0.39 is 18.1 Å². The molecule has 0 saturated carbocycles. The fraction of sp³-hybridized carbons (Fsp3) is 0.500. The number of fused-ring (bicyclic) bond motifs is 1. The van der Waals surface area contributed by atoms with E-state index in [2.05, 4.69) is 0 Å². The number of hydrogen-bond acceptors (Lipinski definition) is 3. The summed E-state index contributed by atoms with van der Waals surface area (Å²) in [4.78, 5) is 25.5. The van der Waals surface area contributed by atoms with E-state index in [1.165, 1.54) is 4.90 Å². The summed E-state index contributed by atoms with van der Waals surface area (Å²) in [5.41, 5.74) is 7.63. The summed E-state index contributed by atoms with van der Waals surface area (Å²) >= 11 is 0. The number of carbonyl (C=O) groups is 2. The Kier molecular flexibility index (Phi) is 4.96. The molecule has 0 fully saturated rings. The summed E-state index contributed by atoms with van der Waals surface area (Å²) in [7, 11) is 0. The molecule has 0 radical (unpaired) electrons. The molecule has 0 aliphatic carbocycles. The lowest BCUT2D eigenvalue weighted by atomic mass is 9.92. The molecule has 0 bridgehead atoms. The van der Waals surface area contributed by atoms with Crippen LogP contribution in [0.15, 0.2) is 24.3 Å². The van der Waals surface area contributed by atoms with E-state index in [-0.39, 0.29) is 5.91 Å². The molecule has 1 aromatic rings. The number of aliphatic carboxylic acids is 1. The lowest BCUT2D eigenvalue weighted by Crippen LogP contribution is -2.50. The van der Waals surface area contributed by atoms with Gasteiger partial charge in [0.2, 0.25) is 5.91 Å². The number of hydrogen-bond donors (Lipinski definition) is 2. The second-order valence-electron chi connectivity index (χ2n) is 5.47. The van der Waals surface area contributed by atoms with E-state index in [1.807, 2.05) is 19.1 Å². The van der Waals surface area contributed by atoms with Crippen molar-refractivity contribution >= 4 is 11.9 Å². The van der Waals surface area contributed by atoms with Crippen molar-refractivity contribution in [3.8, 4) is 0 Å². The minimum absolute atomic E-state index is 0.259. The van der Waals surface area contributed by atoms with Crippen molar-refractivity contribution in [1.82, 2.24) is 4.90 Å². The number of unbranched alkanes of at least 4 members (excludes halogenated alkanes) is 1. The average Bonchev–Trinajstić information content (AvgIpc) is 2.50. The van der Waals surface area contributed by atoms with Crippen molar-refractivity contribution in [2.45, 2.75) is 44.7 Å². The highest BCUT2D eigenvalue weighted by atomic mass is 16.4. The Hall–Kier alpha value is -1.88. The number of benzene rings is 1. The van der Waals surface area contributed by atoms with E-state index in [0.29, 0.717) is 24.9 Å². The first-order valence-corrected chi connectivity index (χ1v) is 7.43. The molecule has 1 amide bonds. The Morgan fingerprint density at radius 2 is 2.14 bits per heavy atom. The van der Waals surface area contributed by atoms with Crippen LogP contribution in [0, 0.1) is 0 Å². The first-order chi connectivity index (χ1) is 10.1. The van der Waals surface area contributed by atoms with Crippen LogP contribution in [0.25, 0.3) is 0 Å². The highest BCUT2D eigenvalue weighted by molar-refractivity contribution is 5.88. The topological polar surface area (TPSA) is 83.6 Å². The summed E-state index contributed by atoms with van der Waals surface area (Å²) in [6.07, 6.45) is 3.10. The third-order valence-electron chi connectivity index (χ3n) is 3.99. The number of rotatable bonds is 5. The summed E-state index contributed by atoms with van der Waals surface area (Å²) < 4.78 is 0. The van der Waals surface area contributed by atoms with Gasteiger partial charge in [-0.15, -0.1) is 0 Å². The van der Waals surface area contributed by atoms with Gasteiger partial charge in [-0.25, -0.2) is 4.79 Å². The molecule has 114 valence electrons. The van der Waals surface area contributed by atoms with Gasteiger partial charge in [0.1, 0.15) is 0 Å². The number of nitrogens with zero attached hydrogens (tertiary/aromatic N) is 1. The van der Waals surface area contributed by atoms with Gasteiger partial charge in [-0.3, -0.25) is 4.79 Å². The zero-order valence-corrected chi connectivity index (χ0v) is 12.3. The van der Waals surface area contributed by atoms with Crippen molar-refractivity contribution in [2.24, 2.45) is 5.73 Å². The molecular formula is C16H22N2O3. The van der Waals surface area contributed by atoms with Crippen molar-refractivity contribution in [3.63, 3.8) is 0 Å². The Morgan fingerprint density at radius 3 is 2.81 bits per heavy atom. The van der Waals surface area contributed by atoms with Gasteiger partial charge in [-0.1, -0.05) is 44.0 Å². The van der Waals surface area contributed by atoms with Crippen molar-refractivity contribution < 1.29 is 14.7 Å². The summed E-state index contributed by atoms with van der Waals surface area (Å²) in [6.45, 7) is 2.45. The maximum atomic E-state index is 12.5. The zero-order chi connectivity index (χ0) is 15.4. The van der Waals surface area contributed by atoms with E-state index in [4.69, 9.17) is 5.73 Å². The molecule has 0 spiro atoms. The van der Waals surface area contributed by atoms with Gasteiger partial charge in [-0.05, 0) is 24.0 Å². The lowest BCUT2D eigenvalue weighted by Gasteiger charge is -2.36. The minimum atomic E-state index is -1.00. The predicted octanol–water partition coefficient (Wildman–Crippen LogP) is 1.71. The van der Waals surface area contributed by atoms with Gasteiger partial charge >= 0.3 is 5.97 Å². The van der Waals surface area contributed by atoms with Gasteiger partial charge in [-0.2, -0.15) is 0 Å². The number of amides is 1. The molecule has 3 N–H and O–H groups in total. The fourth-order valence-electron chi connectivity index (χ4n) is 2.83. The van der Waals surface area contributed by atoms with Crippen LogP contribution in [-0.2, 0) is 16.0 Å². The van der Waals surface area contributed by atoms with Crippen LogP contribution in [-0.4, -0.2) is 34.5 Å². The molecular weight excluding hydrogens is 268 g/mol. The normalized spacial score (nSPS) is 19.0. The highest BCUT2D eigenvalue weighted by Crippen LogP contribution is 2.30. The molecule has 5 nitrogen and oxygen atoms in total. The first-order valence-electron chi connectivity index (χ1n) is 7.43. The molecule has 1 aromatic carbocycles. The second kappa shape index (κ2) is 6.72. The number of carbonyl (C=O) groups excluding carboxylic acids is 1. The Balaban J connectivity index is 2.24. The number of carboxylic acids is 1. The molecule has 1 unspecified atom stereocenters. The SMILES string of the molecule is CCCC[C@H](N)C(=O)N1CCc2ccccc2C1C(=O)O. The molecule has 1 aliphatic rings. The van der Waals surface area contributed by atoms with E-state index in [0.717, 1.165) is 18.4 Å². The van der Waals surface area contributed by atoms with Crippen molar-refractivity contribution in [3.05, 3.63) is 35.4 Å². The van der Waals surface area contributed by atoms with Crippen molar-refractivity contribution in [2.75, 3.05) is 6.54 Å². The largest absolute Gasteiger partial charge is 0.479 e. The fourth-order valence-corrected chi connectivity index (χ4v) is 2.83. The molecule has 2 atom stereocenters. The van der Waals surface area contributed by atoms with Crippen LogP contribution in [0.2, 0.25) is 0 Å². The van der Waals surface area contributed by atoms with E-state index >= 15 is 0 Å². The smallest absolute Gasteiger partial charge is 0.331 e. The van der Waals surface area contributed by atoms with E-state index in [1.54, 1.807) is 12.1 Å². The van der Waals surface area contributed by atoms with Crippen LogP contribution >= 0.6 is 0 Å². The van der Waals surface area contributed by atoms with Crippen LogP contribution in [0.4, 0.5) is 0 Å². The van der Waals surface area contributed by atoms with Crippen LogP contribution < -0.4 is 5.73 Å². The standard InChI is InChI=1S/C16H22N2O3/c1-2-3-8-13(17)15(19)18-10-9-11-6-4-5-7-12(11)14(18)16(20)21/h4-7,13-14H,2-3,8-10,17H2,1H3,(H,20,21)/t13-,14?/m0/s1. The monoisotopic (exact) mass is 290 g/mol. The first kappa shape index (κ1) is 15.5. The van der Waals surface area contributed by atoms with Gasteiger partial charge in [0.25, 0.3) is 0 Å². The molecule has 21 heavy (non-hydrogen) atoms. The predicted molar refractivity (Wildman–Crippen MR) is 79.7 cm³/mol. The van der Waals surface area contributed by atoms with Crippen LogP contribution in [0.5, 0.6) is 0 Å². The quantitative estimate of drug-likeness (QED) is 0.864.